The van der Waals surface area contributed by atoms with E-state index in [1.165, 1.54) is 12.3 Å². The van der Waals surface area contributed by atoms with Crippen molar-refractivity contribution in [1.82, 2.24) is 4.98 Å². The van der Waals surface area contributed by atoms with Crippen LogP contribution in [0.15, 0.2) is 71.8 Å². The third kappa shape index (κ3) is 5.10. The van der Waals surface area contributed by atoms with Gasteiger partial charge in [0.25, 0.3) is 0 Å². The number of nitrogens with one attached hydrogen (secondary N) is 1. The van der Waals surface area contributed by atoms with Gasteiger partial charge in [-0.15, -0.1) is 0 Å². The van der Waals surface area contributed by atoms with Crippen LogP contribution in [0.2, 0.25) is 0 Å². The van der Waals surface area contributed by atoms with Crippen molar-refractivity contribution in [3.8, 4) is 11.1 Å². The van der Waals surface area contributed by atoms with Gasteiger partial charge in [0, 0.05) is 36.0 Å². The summed E-state index contributed by atoms with van der Waals surface area (Å²) in [5.74, 6) is -0.363. The second-order valence-electron chi connectivity index (χ2n) is 7.00. The first-order chi connectivity index (χ1) is 14.3. The van der Waals surface area contributed by atoms with Crippen molar-refractivity contribution < 1.29 is 13.4 Å². The molecule has 3 rings (SSSR count). The molecule has 0 radical (unpaired) electrons. The molecular weight excluding hydrogens is 401 g/mol. The minimum atomic E-state index is -2.96. The number of amides is 1. The fraction of sp³-hybridized carbons (Fsp3) is 0.217. The Hall–Kier alpha value is -3.06. The number of carbonyl (C=O) groups excluding carboxylic acids is 1. The largest absolute Gasteiger partial charge is 0.316 e. The van der Waals surface area contributed by atoms with Crippen molar-refractivity contribution in [3.63, 3.8) is 0 Å². The molecule has 1 heterocycles. The second-order valence-corrected chi connectivity index (χ2v) is 9.23. The lowest BCUT2D eigenvalue weighted by Crippen LogP contribution is -2.24. The number of rotatable bonds is 7. The molecule has 0 bridgehead atoms. The molecule has 0 aliphatic rings. The second kappa shape index (κ2) is 9.17. The Morgan fingerprint density at radius 3 is 2.17 bits per heavy atom. The SMILES string of the molecule is CCC(=O)N(C)c1ccc(-c2ccc(S(=N)(=O)CCc3ccc(F)nc3)cc2)cc1. The Bertz CT molecular complexity index is 1110. The highest BCUT2D eigenvalue weighted by atomic mass is 32.2. The maximum absolute atomic E-state index is 12.9. The molecule has 1 unspecified atom stereocenters. The zero-order valence-electron chi connectivity index (χ0n) is 17.0. The first-order valence-electron chi connectivity index (χ1n) is 9.64. The molecule has 1 aromatic heterocycles. The molecule has 0 saturated carbocycles. The van der Waals surface area contributed by atoms with Crippen LogP contribution < -0.4 is 4.90 Å². The summed E-state index contributed by atoms with van der Waals surface area (Å²) < 4.78 is 34.0. The highest BCUT2D eigenvalue weighted by Crippen LogP contribution is 2.25. The summed E-state index contributed by atoms with van der Waals surface area (Å²) in [4.78, 5) is 17.5. The van der Waals surface area contributed by atoms with Crippen LogP contribution in [0.1, 0.15) is 18.9 Å². The first-order valence-corrected chi connectivity index (χ1v) is 11.4. The summed E-state index contributed by atoms with van der Waals surface area (Å²) in [6.07, 6.45) is 2.25. The maximum Gasteiger partial charge on any atom is 0.226 e. The molecule has 1 amide bonds. The van der Waals surface area contributed by atoms with Crippen LogP contribution >= 0.6 is 0 Å². The Balaban J connectivity index is 1.70. The number of hydrogen-bond acceptors (Lipinski definition) is 4. The van der Waals surface area contributed by atoms with Crippen molar-refractivity contribution in [2.75, 3.05) is 17.7 Å². The van der Waals surface area contributed by atoms with Crippen LogP contribution in [0.3, 0.4) is 0 Å². The Morgan fingerprint density at radius 2 is 1.63 bits per heavy atom. The predicted molar refractivity (Wildman–Crippen MR) is 117 cm³/mol. The van der Waals surface area contributed by atoms with Crippen LogP contribution in [0.5, 0.6) is 0 Å². The minimum absolute atomic E-state index is 0.0497. The van der Waals surface area contributed by atoms with E-state index >= 15 is 0 Å². The number of anilines is 1. The highest BCUT2D eigenvalue weighted by molar-refractivity contribution is 7.92. The van der Waals surface area contributed by atoms with Gasteiger partial charge in [-0.1, -0.05) is 37.3 Å². The topological polar surface area (TPSA) is 74.1 Å². The van der Waals surface area contributed by atoms with E-state index in [1.54, 1.807) is 30.1 Å². The van der Waals surface area contributed by atoms with Gasteiger partial charge in [0.1, 0.15) is 0 Å². The van der Waals surface area contributed by atoms with Crippen LogP contribution in [-0.2, 0) is 20.9 Å². The van der Waals surface area contributed by atoms with Crippen LogP contribution in [0, 0.1) is 10.7 Å². The zero-order chi connectivity index (χ0) is 21.7. The number of nitrogens with zero attached hydrogens (tertiary/aromatic N) is 2. The number of carbonyl (C=O) groups is 1. The van der Waals surface area contributed by atoms with Crippen molar-refractivity contribution in [3.05, 3.63) is 78.4 Å². The van der Waals surface area contributed by atoms with Crippen molar-refractivity contribution in [2.45, 2.75) is 24.7 Å². The number of benzene rings is 2. The quantitative estimate of drug-likeness (QED) is 0.547. The molecule has 156 valence electrons. The standard InChI is InChI=1S/C23H24FN3O2S/c1-3-23(28)27(2)20-9-5-18(6-10-20)19-7-11-21(12-8-19)30(25,29)15-14-17-4-13-22(24)26-16-17/h4-13,16,25H,3,14-15H2,1-2H3. The number of aromatic nitrogens is 1. The number of pyridine rings is 1. The van der Waals surface area contributed by atoms with E-state index in [1.807, 2.05) is 43.3 Å². The van der Waals surface area contributed by atoms with E-state index in [0.29, 0.717) is 17.7 Å². The normalized spacial score (nSPS) is 12.9. The molecule has 5 nitrogen and oxygen atoms in total. The lowest BCUT2D eigenvalue weighted by atomic mass is 10.1. The molecule has 30 heavy (non-hydrogen) atoms. The average molecular weight is 426 g/mol. The predicted octanol–water partition coefficient (Wildman–Crippen LogP) is 4.91. The maximum atomic E-state index is 12.9. The zero-order valence-corrected chi connectivity index (χ0v) is 17.8. The van der Waals surface area contributed by atoms with Crippen LogP contribution in [0.4, 0.5) is 10.1 Å². The Kier molecular flexibility index (Phi) is 6.62. The number of hydrogen-bond donors (Lipinski definition) is 1. The summed E-state index contributed by atoms with van der Waals surface area (Å²) in [6.45, 7) is 1.83. The van der Waals surface area contributed by atoms with E-state index in [9.17, 15) is 13.4 Å². The highest BCUT2D eigenvalue weighted by Gasteiger charge is 2.12. The van der Waals surface area contributed by atoms with Crippen molar-refractivity contribution in [2.24, 2.45) is 0 Å². The molecule has 0 spiro atoms. The number of halogens is 1. The van der Waals surface area contributed by atoms with Gasteiger partial charge in [0.05, 0.1) is 9.73 Å². The van der Waals surface area contributed by atoms with E-state index in [0.717, 1.165) is 22.4 Å². The molecule has 1 atom stereocenters. The third-order valence-corrected chi connectivity index (χ3v) is 6.78. The summed E-state index contributed by atoms with van der Waals surface area (Å²) >= 11 is 0. The summed E-state index contributed by atoms with van der Waals surface area (Å²) in [5, 5.41) is 0. The van der Waals surface area contributed by atoms with Crippen molar-refractivity contribution >= 4 is 21.3 Å². The van der Waals surface area contributed by atoms with Gasteiger partial charge >= 0.3 is 0 Å². The van der Waals surface area contributed by atoms with Crippen LogP contribution in [0.25, 0.3) is 11.1 Å². The lowest BCUT2D eigenvalue weighted by molar-refractivity contribution is -0.118. The fourth-order valence-corrected chi connectivity index (χ4v) is 4.39. The Morgan fingerprint density at radius 1 is 1.03 bits per heavy atom. The average Bonchev–Trinajstić information content (AvgIpc) is 2.78. The van der Waals surface area contributed by atoms with E-state index < -0.39 is 15.7 Å². The fourth-order valence-electron chi connectivity index (χ4n) is 3.06. The first kappa shape index (κ1) is 21.6. The molecule has 0 fully saturated rings. The van der Waals surface area contributed by atoms with Gasteiger partial charge in [-0.2, -0.15) is 4.39 Å². The van der Waals surface area contributed by atoms with Gasteiger partial charge in [0.2, 0.25) is 11.9 Å². The Labute approximate surface area is 176 Å². The summed E-state index contributed by atoms with van der Waals surface area (Å²) in [5.41, 5.74) is 3.48. The van der Waals surface area contributed by atoms with Gasteiger partial charge < -0.3 is 4.90 Å². The molecule has 2 aromatic carbocycles. The van der Waals surface area contributed by atoms with E-state index in [-0.39, 0.29) is 11.7 Å². The minimum Gasteiger partial charge on any atom is -0.316 e. The van der Waals surface area contributed by atoms with Crippen LogP contribution in [-0.4, -0.2) is 27.9 Å². The van der Waals surface area contributed by atoms with Gasteiger partial charge in [-0.05, 0) is 53.4 Å². The van der Waals surface area contributed by atoms with Gasteiger partial charge in [0.15, 0.2) is 0 Å². The monoisotopic (exact) mass is 425 g/mol. The molecule has 0 saturated heterocycles. The van der Waals surface area contributed by atoms with E-state index in [2.05, 4.69) is 4.98 Å². The van der Waals surface area contributed by atoms with E-state index in [4.69, 9.17) is 4.78 Å². The molecular formula is C23H24FN3O2S. The number of aryl methyl sites for hydroxylation is 1. The van der Waals surface area contributed by atoms with Gasteiger partial charge in [-0.3, -0.25) is 4.79 Å². The van der Waals surface area contributed by atoms with Gasteiger partial charge in [-0.25, -0.2) is 14.0 Å². The lowest BCUT2D eigenvalue weighted by Gasteiger charge is -2.17. The summed E-state index contributed by atoms with van der Waals surface area (Å²) in [6, 6.07) is 17.6. The molecule has 0 aliphatic heterocycles. The molecule has 0 aliphatic carbocycles. The summed E-state index contributed by atoms with van der Waals surface area (Å²) in [7, 11) is -1.21. The molecule has 1 N–H and O–H groups in total. The molecule has 3 aromatic rings. The third-order valence-electron chi connectivity index (χ3n) is 4.97. The smallest absolute Gasteiger partial charge is 0.226 e. The molecule has 7 heteroatoms. The van der Waals surface area contributed by atoms with Crippen molar-refractivity contribution in [1.29, 1.82) is 4.78 Å².